The molecule has 260 valence electrons. The van der Waals surface area contributed by atoms with Gasteiger partial charge in [-0.25, -0.2) is 4.98 Å². The molecule has 0 aliphatic carbocycles. The predicted octanol–water partition coefficient (Wildman–Crippen LogP) is 14.2. The molecule has 0 aliphatic rings. The lowest BCUT2D eigenvalue weighted by molar-refractivity contribution is 0.908. The molecule has 0 aliphatic heterocycles. The fraction of sp³-hybridized carbons (Fsp3) is 0.0377. The summed E-state index contributed by atoms with van der Waals surface area (Å²) in [5.41, 5.74) is 15.4. The van der Waals surface area contributed by atoms with Crippen molar-refractivity contribution in [3.8, 4) is 61.3 Å². The van der Waals surface area contributed by atoms with Gasteiger partial charge in [0, 0.05) is 12.1 Å². The molecule has 55 heavy (non-hydrogen) atoms. The maximum atomic E-state index is 4.97. The normalized spacial score (nSPS) is 11.4. The first-order valence-corrected chi connectivity index (χ1v) is 19.1. The highest BCUT2D eigenvalue weighted by atomic mass is 15.1. The summed E-state index contributed by atoms with van der Waals surface area (Å²) in [7, 11) is 0. The molecule has 2 nitrogen and oxygen atoms in total. The smallest absolute Gasteiger partial charge is 0.114 e. The van der Waals surface area contributed by atoms with E-state index in [0.29, 0.717) is 0 Å². The minimum atomic E-state index is 0.851. The van der Waals surface area contributed by atoms with Gasteiger partial charge in [-0.05, 0) is 108 Å². The Morgan fingerprint density at radius 3 is 1.44 bits per heavy atom. The topological polar surface area (TPSA) is 17.8 Å². The van der Waals surface area contributed by atoms with Crippen LogP contribution in [0.15, 0.2) is 200 Å². The molecule has 2 heteroatoms. The lowest BCUT2D eigenvalue weighted by Crippen LogP contribution is -2.00. The maximum absolute atomic E-state index is 4.97. The van der Waals surface area contributed by atoms with Crippen LogP contribution in [0.2, 0.25) is 0 Å². The van der Waals surface area contributed by atoms with Gasteiger partial charge in [0.05, 0.1) is 11.0 Å². The second kappa shape index (κ2) is 13.7. The minimum Gasteiger partial charge on any atom is -0.296 e. The van der Waals surface area contributed by atoms with Gasteiger partial charge in [0.2, 0.25) is 0 Å². The third-order valence-corrected chi connectivity index (χ3v) is 11.0. The van der Waals surface area contributed by atoms with E-state index in [1.165, 1.54) is 77.2 Å². The van der Waals surface area contributed by atoms with E-state index in [1.807, 2.05) is 0 Å². The first kappa shape index (κ1) is 32.6. The molecule has 0 amide bonds. The Balaban J connectivity index is 1.19. The number of rotatable bonds is 7. The summed E-state index contributed by atoms with van der Waals surface area (Å²) in [5.74, 6) is 1.06. The van der Waals surface area contributed by atoms with Crippen molar-refractivity contribution in [2.45, 2.75) is 13.3 Å². The molecule has 1 aromatic heterocycles. The fourth-order valence-corrected chi connectivity index (χ4v) is 8.33. The summed E-state index contributed by atoms with van der Waals surface area (Å²) in [6.45, 7) is 2.18. The van der Waals surface area contributed by atoms with E-state index >= 15 is 0 Å². The molecule has 0 unspecified atom stereocenters. The highest BCUT2D eigenvalue weighted by Gasteiger charge is 2.19. The number of hydrogen-bond acceptors (Lipinski definition) is 1. The van der Waals surface area contributed by atoms with E-state index in [-0.39, 0.29) is 0 Å². The van der Waals surface area contributed by atoms with Crippen LogP contribution in [0, 0.1) is 0 Å². The summed E-state index contributed by atoms with van der Waals surface area (Å²) in [5, 5.41) is 4.96. The SMILES string of the molecule is CCc1nc2ccccc2n1-c1cccc(-c2ccc3c(-c4ccc(-c5ccccc5)cc4)c4ccccc4c(-c4ccc(-c5ccccc5)cc4)c3c2)c1. The molecule has 0 saturated heterocycles. The van der Waals surface area contributed by atoms with Gasteiger partial charge in [0.15, 0.2) is 0 Å². The number of fused-ring (bicyclic) bond motifs is 3. The van der Waals surface area contributed by atoms with Crippen molar-refractivity contribution in [1.82, 2.24) is 9.55 Å². The molecule has 10 rings (SSSR count). The van der Waals surface area contributed by atoms with Crippen LogP contribution < -0.4 is 0 Å². The van der Waals surface area contributed by atoms with E-state index in [2.05, 4.69) is 212 Å². The zero-order valence-electron chi connectivity index (χ0n) is 30.7. The predicted molar refractivity (Wildman–Crippen MR) is 233 cm³/mol. The highest BCUT2D eigenvalue weighted by Crippen LogP contribution is 2.45. The van der Waals surface area contributed by atoms with Gasteiger partial charge in [-0.2, -0.15) is 0 Å². The first-order chi connectivity index (χ1) is 27.2. The Kier molecular flexibility index (Phi) is 8.15. The second-order valence-electron chi connectivity index (χ2n) is 14.2. The molecular weight excluding hydrogens is 665 g/mol. The van der Waals surface area contributed by atoms with Crippen LogP contribution in [0.25, 0.3) is 93.9 Å². The van der Waals surface area contributed by atoms with Gasteiger partial charge in [0.25, 0.3) is 0 Å². The van der Waals surface area contributed by atoms with Crippen LogP contribution in [-0.4, -0.2) is 9.55 Å². The van der Waals surface area contributed by atoms with E-state index < -0.39 is 0 Å². The molecule has 9 aromatic carbocycles. The Morgan fingerprint density at radius 1 is 0.364 bits per heavy atom. The van der Waals surface area contributed by atoms with Crippen LogP contribution >= 0.6 is 0 Å². The third-order valence-electron chi connectivity index (χ3n) is 11.0. The zero-order valence-corrected chi connectivity index (χ0v) is 30.7. The summed E-state index contributed by atoms with van der Waals surface area (Å²) >= 11 is 0. The fourth-order valence-electron chi connectivity index (χ4n) is 8.33. The molecule has 0 atom stereocenters. The molecule has 0 bridgehead atoms. The highest BCUT2D eigenvalue weighted by molar-refractivity contribution is 6.22. The van der Waals surface area contributed by atoms with Crippen LogP contribution in [0.5, 0.6) is 0 Å². The van der Waals surface area contributed by atoms with Gasteiger partial charge >= 0.3 is 0 Å². The van der Waals surface area contributed by atoms with Crippen molar-refractivity contribution < 1.29 is 0 Å². The Morgan fingerprint density at radius 2 is 0.818 bits per heavy atom. The lowest BCUT2D eigenvalue weighted by atomic mass is 9.84. The number of nitrogens with zero attached hydrogens (tertiary/aromatic N) is 2. The van der Waals surface area contributed by atoms with Crippen LogP contribution in [0.1, 0.15) is 12.7 Å². The zero-order chi connectivity index (χ0) is 36.7. The average molecular weight is 703 g/mol. The van der Waals surface area contributed by atoms with Gasteiger partial charge in [-0.15, -0.1) is 0 Å². The van der Waals surface area contributed by atoms with Crippen molar-refractivity contribution in [2.75, 3.05) is 0 Å². The molecule has 0 N–H and O–H groups in total. The van der Waals surface area contributed by atoms with Gasteiger partial charge < -0.3 is 0 Å². The summed E-state index contributed by atoms with van der Waals surface area (Å²) < 4.78 is 2.31. The second-order valence-corrected chi connectivity index (χ2v) is 14.2. The van der Waals surface area contributed by atoms with Crippen molar-refractivity contribution in [3.63, 3.8) is 0 Å². The lowest BCUT2D eigenvalue weighted by Gasteiger charge is -2.19. The van der Waals surface area contributed by atoms with E-state index in [9.17, 15) is 0 Å². The Hall–Kier alpha value is -7.03. The van der Waals surface area contributed by atoms with Crippen LogP contribution in [0.3, 0.4) is 0 Å². The number of hydrogen-bond donors (Lipinski definition) is 0. The summed E-state index contributed by atoms with van der Waals surface area (Å²) in [4.78, 5) is 4.97. The quantitative estimate of drug-likeness (QED) is 0.151. The van der Waals surface area contributed by atoms with Gasteiger partial charge in [-0.3, -0.25) is 4.57 Å². The number of benzene rings is 9. The minimum absolute atomic E-state index is 0.851. The molecular formula is C53H38N2. The average Bonchev–Trinajstić information content (AvgIpc) is 3.65. The summed E-state index contributed by atoms with van der Waals surface area (Å²) in [6.07, 6.45) is 0.851. The largest absolute Gasteiger partial charge is 0.296 e. The Labute approximate surface area is 321 Å². The molecule has 0 radical (unpaired) electrons. The van der Waals surface area contributed by atoms with Crippen LogP contribution in [-0.2, 0) is 6.42 Å². The standard InChI is InChI=1S/C53H38N2/c1-2-51-54-49-22-11-12-23-50(49)55(51)44-19-13-18-42(34-44)43-32-33-47-48(35-43)53(41-30-26-39(27-31-41)37-16-7-4-8-17-37)46-21-10-9-20-45(46)52(47)40-28-24-38(25-29-40)36-14-5-3-6-15-36/h3-35H,2H2,1H3. The van der Waals surface area contributed by atoms with E-state index in [1.54, 1.807) is 0 Å². The Bertz CT molecular complexity index is 2970. The monoisotopic (exact) mass is 702 g/mol. The van der Waals surface area contributed by atoms with Crippen LogP contribution in [0.4, 0.5) is 0 Å². The van der Waals surface area contributed by atoms with Crippen molar-refractivity contribution in [3.05, 3.63) is 206 Å². The first-order valence-electron chi connectivity index (χ1n) is 19.1. The number of para-hydroxylation sites is 2. The van der Waals surface area contributed by atoms with Crippen molar-refractivity contribution >= 4 is 32.6 Å². The van der Waals surface area contributed by atoms with E-state index in [4.69, 9.17) is 4.98 Å². The van der Waals surface area contributed by atoms with Crippen molar-refractivity contribution in [1.29, 1.82) is 0 Å². The van der Waals surface area contributed by atoms with Gasteiger partial charge in [0.1, 0.15) is 5.82 Å². The maximum Gasteiger partial charge on any atom is 0.114 e. The molecule has 0 fully saturated rings. The van der Waals surface area contributed by atoms with Crippen molar-refractivity contribution in [2.24, 2.45) is 0 Å². The summed E-state index contributed by atoms with van der Waals surface area (Å²) in [6, 6.07) is 72.7. The molecule has 0 spiro atoms. The van der Waals surface area contributed by atoms with Gasteiger partial charge in [-0.1, -0.05) is 177 Å². The molecule has 0 saturated carbocycles. The number of aromatic nitrogens is 2. The van der Waals surface area contributed by atoms with E-state index in [0.717, 1.165) is 29.0 Å². The molecule has 10 aromatic rings. The number of aryl methyl sites for hydroxylation is 1. The third kappa shape index (κ3) is 5.80. The number of imidazole rings is 1. The molecule has 1 heterocycles.